The minimum Gasteiger partial charge on any atom is -0.358 e. The quantitative estimate of drug-likeness (QED) is 0.338. The van der Waals surface area contributed by atoms with Gasteiger partial charge >= 0.3 is 6.18 Å². The Labute approximate surface area is 222 Å². The molecule has 196 valence electrons. The van der Waals surface area contributed by atoms with Crippen LogP contribution in [0.1, 0.15) is 12.5 Å². The van der Waals surface area contributed by atoms with Crippen LogP contribution in [0.5, 0.6) is 0 Å². The second-order valence-electron chi connectivity index (χ2n) is 9.04. The molecule has 5 aromatic rings. The second kappa shape index (κ2) is 9.24. The van der Waals surface area contributed by atoms with Gasteiger partial charge in [-0.1, -0.05) is 11.6 Å². The first-order valence-electron chi connectivity index (χ1n) is 11.7. The summed E-state index contributed by atoms with van der Waals surface area (Å²) in [5, 5.41) is 0.422. The number of benzene rings is 1. The van der Waals surface area contributed by atoms with Crippen LogP contribution in [0.15, 0.2) is 42.3 Å². The van der Waals surface area contributed by atoms with Crippen LogP contribution in [0.4, 0.5) is 18.2 Å². The second-order valence-corrected chi connectivity index (χ2v) is 10.3. The lowest BCUT2D eigenvalue weighted by Gasteiger charge is -2.40. The highest BCUT2D eigenvalue weighted by atomic mass is 35.5. The average Bonchev–Trinajstić information content (AvgIpc) is 3.61. The highest BCUT2D eigenvalue weighted by Crippen LogP contribution is 2.39. The van der Waals surface area contributed by atoms with E-state index in [4.69, 9.17) is 11.6 Å². The predicted molar refractivity (Wildman–Crippen MR) is 138 cm³/mol. The largest absolute Gasteiger partial charge is 0.417 e. The summed E-state index contributed by atoms with van der Waals surface area (Å²) in [6.45, 7) is 3.76. The van der Waals surface area contributed by atoms with Crippen LogP contribution >= 0.6 is 22.9 Å². The molecule has 1 N–H and O–H groups in total. The van der Waals surface area contributed by atoms with E-state index in [1.165, 1.54) is 17.4 Å². The summed E-state index contributed by atoms with van der Waals surface area (Å²) < 4.78 is 41.6. The summed E-state index contributed by atoms with van der Waals surface area (Å²) in [4.78, 5) is 37.6. The third-order valence-corrected chi connectivity index (χ3v) is 7.76. The molecule has 14 heteroatoms. The van der Waals surface area contributed by atoms with E-state index >= 15 is 0 Å². The number of aromatic nitrogens is 6. The molecule has 9 nitrogen and oxygen atoms in total. The Hall–Kier alpha value is -3.71. The maximum absolute atomic E-state index is 13.3. The smallest absolute Gasteiger partial charge is 0.358 e. The van der Waals surface area contributed by atoms with Crippen LogP contribution < -0.4 is 4.90 Å². The molecule has 1 aliphatic rings. The molecule has 1 atom stereocenters. The maximum Gasteiger partial charge on any atom is 0.417 e. The van der Waals surface area contributed by atoms with E-state index in [9.17, 15) is 18.0 Å². The summed E-state index contributed by atoms with van der Waals surface area (Å²) in [6.07, 6.45) is -1.28. The van der Waals surface area contributed by atoms with Crippen LogP contribution in [0.3, 0.4) is 0 Å². The van der Waals surface area contributed by atoms with E-state index in [2.05, 4.69) is 29.8 Å². The maximum atomic E-state index is 13.3. The third kappa shape index (κ3) is 4.35. The number of halogens is 4. The number of nitrogens with zero attached hydrogens (tertiary/aromatic N) is 7. The Kier molecular flexibility index (Phi) is 5.99. The van der Waals surface area contributed by atoms with Crippen molar-refractivity contribution in [3.8, 4) is 11.5 Å². The van der Waals surface area contributed by atoms with Crippen molar-refractivity contribution >= 4 is 56.0 Å². The lowest BCUT2D eigenvalue weighted by atomic mass is 10.2. The first kappa shape index (κ1) is 24.6. The van der Waals surface area contributed by atoms with Gasteiger partial charge in [0.05, 0.1) is 33.5 Å². The van der Waals surface area contributed by atoms with Gasteiger partial charge in [-0.15, -0.1) is 11.3 Å². The fourth-order valence-corrected chi connectivity index (χ4v) is 5.85. The van der Waals surface area contributed by atoms with E-state index < -0.39 is 16.8 Å². The molecule has 0 bridgehead atoms. The normalized spacial score (nSPS) is 16.6. The number of aromatic amines is 1. The van der Waals surface area contributed by atoms with Crippen LogP contribution in [0.2, 0.25) is 5.02 Å². The molecule has 0 aliphatic carbocycles. The highest BCUT2D eigenvalue weighted by Gasteiger charge is 2.34. The van der Waals surface area contributed by atoms with Crippen molar-refractivity contribution in [1.29, 1.82) is 0 Å². The van der Waals surface area contributed by atoms with Crippen LogP contribution in [0.25, 0.3) is 33.7 Å². The molecule has 0 unspecified atom stereocenters. The summed E-state index contributed by atoms with van der Waals surface area (Å²) in [7, 11) is 0. The number of alkyl halides is 3. The number of amides is 1. The number of thiazole rings is 1. The van der Waals surface area contributed by atoms with Gasteiger partial charge in [-0.2, -0.15) is 13.2 Å². The Morgan fingerprint density at radius 3 is 2.84 bits per heavy atom. The summed E-state index contributed by atoms with van der Waals surface area (Å²) in [5.74, 6) is 0.332. The number of rotatable bonds is 4. The van der Waals surface area contributed by atoms with Gasteiger partial charge in [-0.3, -0.25) is 4.79 Å². The Bertz CT molecular complexity index is 1660. The number of H-pyrrole nitrogens is 1. The SMILES string of the molecule is C[C@@H]1CN(c2scnc2-c2nc3cc(Cl)c(C(F)(F)F)cc3[nH]2)CCN1C(=O)Cn1cnc2cccnc21. The number of anilines is 1. The number of imidazole rings is 2. The molecule has 1 aliphatic heterocycles. The summed E-state index contributed by atoms with van der Waals surface area (Å²) in [6, 6.07) is 5.74. The van der Waals surface area contributed by atoms with Crippen molar-refractivity contribution in [1.82, 2.24) is 34.4 Å². The highest BCUT2D eigenvalue weighted by molar-refractivity contribution is 7.14. The Balaban J connectivity index is 1.20. The Morgan fingerprint density at radius 2 is 2.05 bits per heavy atom. The molecule has 1 fully saturated rings. The van der Waals surface area contributed by atoms with Crippen molar-refractivity contribution in [2.24, 2.45) is 0 Å². The van der Waals surface area contributed by atoms with E-state index in [0.717, 1.165) is 16.6 Å². The van der Waals surface area contributed by atoms with Gasteiger partial charge in [0.25, 0.3) is 0 Å². The molecule has 1 saturated heterocycles. The van der Waals surface area contributed by atoms with Gasteiger partial charge in [-0.05, 0) is 31.2 Å². The van der Waals surface area contributed by atoms with Crippen LogP contribution in [-0.2, 0) is 17.5 Å². The molecule has 1 aromatic carbocycles. The molecule has 0 spiro atoms. The molecular formula is C24H20ClF3N8OS. The number of nitrogens with one attached hydrogen (secondary N) is 1. The lowest BCUT2D eigenvalue weighted by Crippen LogP contribution is -2.54. The van der Waals surface area contributed by atoms with Crippen LogP contribution in [0, 0.1) is 0 Å². The summed E-state index contributed by atoms with van der Waals surface area (Å²) in [5.41, 5.74) is 3.23. The first-order valence-corrected chi connectivity index (χ1v) is 13.0. The van der Waals surface area contributed by atoms with E-state index in [1.54, 1.807) is 28.7 Å². The number of hydrogen-bond acceptors (Lipinski definition) is 7. The van der Waals surface area contributed by atoms with E-state index in [1.807, 2.05) is 17.9 Å². The van der Waals surface area contributed by atoms with Gasteiger partial charge < -0.3 is 19.4 Å². The number of piperazine rings is 1. The number of carbonyl (C=O) groups is 1. The van der Waals surface area contributed by atoms with E-state index in [-0.39, 0.29) is 24.0 Å². The van der Waals surface area contributed by atoms with Crippen LogP contribution in [-0.4, -0.2) is 66.0 Å². The minimum atomic E-state index is -4.57. The van der Waals surface area contributed by atoms with Gasteiger partial charge in [0.15, 0.2) is 11.5 Å². The number of fused-ring (bicyclic) bond motifs is 2. The van der Waals surface area contributed by atoms with Crippen molar-refractivity contribution in [3.05, 3.63) is 52.9 Å². The molecule has 0 radical (unpaired) electrons. The molecule has 38 heavy (non-hydrogen) atoms. The lowest BCUT2D eigenvalue weighted by molar-refractivity contribution is -0.137. The summed E-state index contributed by atoms with van der Waals surface area (Å²) >= 11 is 7.28. The average molecular weight is 561 g/mol. The van der Waals surface area contributed by atoms with E-state index in [0.29, 0.717) is 42.3 Å². The molecule has 5 heterocycles. The zero-order chi connectivity index (χ0) is 26.6. The third-order valence-electron chi connectivity index (χ3n) is 6.56. The standard InChI is InChI=1S/C24H20ClF3N8OS/c1-13-9-34(5-6-36(13)19(37)10-35-11-30-16-3-2-4-29-22(16)35)23-20(31-12-38-23)21-32-17-7-14(24(26,27)28)15(25)8-18(17)33-21/h2-4,7-8,11-13H,5-6,9-10H2,1H3,(H,32,33)/t13-/m1/s1. The minimum absolute atomic E-state index is 0.0266. The van der Waals surface area contributed by atoms with Crippen molar-refractivity contribution < 1.29 is 18.0 Å². The van der Waals surface area contributed by atoms with Gasteiger partial charge in [0.1, 0.15) is 22.8 Å². The van der Waals surface area contributed by atoms with Gasteiger partial charge in [0, 0.05) is 31.9 Å². The topological polar surface area (TPSA) is 95.8 Å². The fourth-order valence-electron chi connectivity index (χ4n) is 4.75. The first-order chi connectivity index (χ1) is 18.2. The predicted octanol–water partition coefficient (Wildman–Crippen LogP) is 4.84. The van der Waals surface area contributed by atoms with Crippen molar-refractivity contribution in [3.63, 3.8) is 0 Å². The zero-order valence-corrected chi connectivity index (χ0v) is 21.5. The molecule has 1 amide bonds. The van der Waals surface area contributed by atoms with Gasteiger partial charge in [-0.25, -0.2) is 19.9 Å². The number of hydrogen-bond donors (Lipinski definition) is 1. The molecule has 4 aromatic heterocycles. The molecule has 0 saturated carbocycles. The van der Waals surface area contributed by atoms with Crippen molar-refractivity contribution in [2.75, 3.05) is 24.5 Å². The Morgan fingerprint density at radius 1 is 1.21 bits per heavy atom. The van der Waals surface area contributed by atoms with Crippen molar-refractivity contribution in [2.45, 2.75) is 25.7 Å². The number of carbonyl (C=O) groups excluding carboxylic acids is 1. The molecule has 6 rings (SSSR count). The zero-order valence-electron chi connectivity index (χ0n) is 19.9. The number of pyridine rings is 1. The monoisotopic (exact) mass is 560 g/mol. The fraction of sp³-hybridized carbons (Fsp3) is 0.292. The molecular weight excluding hydrogens is 541 g/mol. The van der Waals surface area contributed by atoms with Gasteiger partial charge in [0.2, 0.25) is 5.91 Å².